The number of ether oxygens (including phenoxy) is 1. The molecule has 1 saturated heterocycles. The van der Waals surface area contributed by atoms with E-state index >= 15 is 0 Å². The Morgan fingerprint density at radius 3 is 2.69 bits per heavy atom. The first-order chi connectivity index (χ1) is 14.3. The summed E-state index contributed by atoms with van der Waals surface area (Å²) in [4.78, 5) is 7.33. The summed E-state index contributed by atoms with van der Waals surface area (Å²) in [6.07, 6.45) is 2.37. The number of guanidine groups is 1. The molecule has 1 unspecified atom stereocenters. The smallest absolute Gasteiger partial charge is 0.191 e. The Morgan fingerprint density at radius 1 is 1.10 bits per heavy atom. The monoisotopic (exact) mass is 394 g/mol. The second kappa shape index (κ2) is 11.5. The lowest BCUT2D eigenvalue weighted by molar-refractivity contribution is 0.328. The third-order valence-corrected chi connectivity index (χ3v) is 5.43. The number of aliphatic imine (C=N–C) groups is 1. The first-order valence-corrected chi connectivity index (χ1v) is 10.7. The SMILES string of the molecule is CCNC(=NCc1ccccc1OC)NCC1CCN(CCc2ccccc2)C1. The fourth-order valence-corrected chi connectivity index (χ4v) is 3.80. The fraction of sp³-hybridized carbons (Fsp3) is 0.458. The average molecular weight is 395 g/mol. The molecule has 5 nitrogen and oxygen atoms in total. The highest BCUT2D eigenvalue weighted by atomic mass is 16.5. The van der Waals surface area contributed by atoms with Crippen molar-refractivity contribution in [1.82, 2.24) is 15.5 Å². The topological polar surface area (TPSA) is 48.9 Å². The lowest BCUT2D eigenvalue weighted by Gasteiger charge is -2.17. The third-order valence-electron chi connectivity index (χ3n) is 5.43. The number of hydrogen-bond donors (Lipinski definition) is 2. The molecule has 5 heteroatoms. The minimum absolute atomic E-state index is 0.604. The summed E-state index contributed by atoms with van der Waals surface area (Å²) < 4.78 is 5.43. The summed E-state index contributed by atoms with van der Waals surface area (Å²) in [6, 6.07) is 18.8. The van der Waals surface area contributed by atoms with Gasteiger partial charge in [-0.25, -0.2) is 4.99 Å². The summed E-state index contributed by atoms with van der Waals surface area (Å²) in [5.41, 5.74) is 2.52. The molecule has 0 saturated carbocycles. The highest BCUT2D eigenvalue weighted by Crippen LogP contribution is 2.18. The van der Waals surface area contributed by atoms with E-state index < -0.39 is 0 Å². The Bertz CT molecular complexity index is 762. The first kappa shape index (κ1) is 21.2. The summed E-state index contributed by atoms with van der Waals surface area (Å²) in [6.45, 7) is 8.00. The zero-order valence-corrected chi connectivity index (χ0v) is 17.7. The van der Waals surface area contributed by atoms with E-state index in [0.29, 0.717) is 12.5 Å². The number of likely N-dealkylation sites (tertiary alicyclic amines) is 1. The molecule has 2 N–H and O–H groups in total. The first-order valence-electron chi connectivity index (χ1n) is 10.7. The van der Waals surface area contributed by atoms with E-state index in [2.05, 4.69) is 58.9 Å². The minimum atomic E-state index is 0.604. The predicted octanol–water partition coefficient (Wildman–Crippen LogP) is 3.31. The molecule has 2 aromatic rings. The normalized spacial score (nSPS) is 17.3. The van der Waals surface area contributed by atoms with Crippen LogP contribution in [0.3, 0.4) is 0 Å². The highest BCUT2D eigenvalue weighted by Gasteiger charge is 2.22. The molecule has 1 aliphatic rings. The number of nitrogens with zero attached hydrogens (tertiary/aromatic N) is 2. The minimum Gasteiger partial charge on any atom is -0.496 e. The van der Waals surface area contributed by atoms with Gasteiger partial charge in [0.2, 0.25) is 0 Å². The van der Waals surface area contributed by atoms with Crippen molar-refractivity contribution < 1.29 is 4.74 Å². The Balaban J connectivity index is 1.45. The quantitative estimate of drug-likeness (QED) is 0.506. The second-order valence-electron chi connectivity index (χ2n) is 7.58. The molecule has 0 aliphatic carbocycles. The van der Waals surface area contributed by atoms with Gasteiger partial charge < -0.3 is 20.3 Å². The van der Waals surface area contributed by atoms with E-state index in [4.69, 9.17) is 9.73 Å². The summed E-state index contributed by atoms with van der Waals surface area (Å²) in [5.74, 6) is 2.43. The van der Waals surface area contributed by atoms with Gasteiger partial charge in [-0.3, -0.25) is 0 Å². The summed E-state index contributed by atoms with van der Waals surface area (Å²) in [7, 11) is 1.70. The molecule has 1 fully saturated rings. The maximum atomic E-state index is 5.43. The van der Waals surface area contributed by atoms with Crippen LogP contribution in [0.25, 0.3) is 0 Å². The molecule has 0 aromatic heterocycles. The van der Waals surface area contributed by atoms with E-state index in [-0.39, 0.29) is 0 Å². The summed E-state index contributed by atoms with van der Waals surface area (Å²) >= 11 is 0. The van der Waals surface area contributed by atoms with Gasteiger partial charge in [-0.2, -0.15) is 0 Å². The second-order valence-corrected chi connectivity index (χ2v) is 7.58. The molecule has 1 atom stereocenters. The van der Waals surface area contributed by atoms with Crippen LogP contribution in [-0.2, 0) is 13.0 Å². The van der Waals surface area contributed by atoms with E-state index in [1.807, 2.05) is 18.2 Å². The standard InChI is InChI=1S/C24H34N4O/c1-3-25-24(27-18-22-11-7-8-12-23(22)29-2)26-17-21-14-16-28(19-21)15-13-20-9-5-4-6-10-20/h4-12,21H,3,13-19H2,1-2H3,(H2,25,26,27). The van der Waals surface area contributed by atoms with Crippen molar-refractivity contribution in [3.63, 3.8) is 0 Å². The van der Waals surface area contributed by atoms with E-state index in [9.17, 15) is 0 Å². The van der Waals surface area contributed by atoms with Gasteiger partial charge in [0.1, 0.15) is 5.75 Å². The van der Waals surface area contributed by atoms with Crippen molar-refractivity contribution in [2.24, 2.45) is 10.9 Å². The zero-order valence-electron chi connectivity index (χ0n) is 17.7. The van der Waals surface area contributed by atoms with Gasteiger partial charge >= 0.3 is 0 Å². The number of benzene rings is 2. The Hall–Kier alpha value is -2.53. The lowest BCUT2D eigenvalue weighted by Crippen LogP contribution is -2.40. The van der Waals surface area contributed by atoms with Crippen molar-refractivity contribution in [3.05, 3.63) is 65.7 Å². The van der Waals surface area contributed by atoms with Crippen molar-refractivity contribution in [2.45, 2.75) is 26.3 Å². The van der Waals surface area contributed by atoms with Crippen molar-refractivity contribution >= 4 is 5.96 Å². The fourth-order valence-electron chi connectivity index (χ4n) is 3.80. The molecule has 3 rings (SSSR count). The number of hydrogen-bond acceptors (Lipinski definition) is 3. The van der Waals surface area contributed by atoms with Crippen LogP contribution in [-0.4, -0.2) is 50.7 Å². The maximum Gasteiger partial charge on any atom is 0.191 e. The largest absolute Gasteiger partial charge is 0.496 e. The van der Waals surface area contributed by atoms with Gasteiger partial charge in [0, 0.05) is 31.7 Å². The molecule has 1 aliphatic heterocycles. The van der Waals surface area contributed by atoms with E-state index in [0.717, 1.165) is 49.9 Å². The highest BCUT2D eigenvalue weighted by molar-refractivity contribution is 5.79. The predicted molar refractivity (Wildman–Crippen MR) is 121 cm³/mol. The number of rotatable bonds is 9. The molecular weight excluding hydrogens is 360 g/mol. The Labute approximate surface area is 175 Å². The maximum absolute atomic E-state index is 5.43. The van der Waals surface area contributed by atoms with Crippen LogP contribution in [0, 0.1) is 5.92 Å². The van der Waals surface area contributed by atoms with Gasteiger partial charge in [-0.1, -0.05) is 48.5 Å². The van der Waals surface area contributed by atoms with Gasteiger partial charge in [0.25, 0.3) is 0 Å². The average Bonchev–Trinajstić information content (AvgIpc) is 3.23. The molecule has 0 amide bonds. The lowest BCUT2D eigenvalue weighted by atomic mass is 10.1. The van der Waals surface area contributed by atoms with Gasteiger partial charge in [0.15, 0.2) is 5.96 Å². The molecular formula is C24H34N4O. The van der Waals surface area contributed by atoms with Gasteiger partial charge in [0.05, 0.1) is 13.7 Å². The van der Waals surface area contributed by atoms with Crippen LogP contribution in [0.4, 0.5) is 0 Å². The van der Waals surface area contributed by atoms with E-state index in [1.165, 1.54) is 18.5 Å². The summed E-state index contributed by atoms with van der Waals surface area (Å²) in [5, 5.41) is 6.89. The number of nitrogens with one attached hydrogen (secondary N) is 2. The van der Waals surface area contributed by atoms with Crippen LogP contribution in [0.2, 0.25) is 0 Å². The molecule has 2 aromatic carbocycles. The van der Waals surface area contributed by atoms with Crippen molar-refractivity contribution in [1.29, 1.82) is 0 Å². The van der Waals surface area contributed by atoms with Gasteiger partial charge in [-0.15, -0.1) is 0 Å². The third kappa shape index (κ3) is 6.79. The van der Waals surface area contributed by atoms with Crippen LogP contribution in [0.15, 0.2) is 59.6 Å². The Morgan fingerprint density at radius 2 is 1.90 bits per heavy atom. The molecule has 0 radical (unpaired) electrons. The van der Waals surface area contributed by atoms with Gasteiger partial charge in [-0.05, 0) is 43.9 Å². The van der Waals surface area contributed by atoms with Crippen LogP contribution >= 0.6 is 0 Å². The van der Waals surface area contributed by atoms with Crippen LogP contribution in [0.1, 0.15) is 24.5 Å². The Kier molecular flexibility index (Phi) is 8.38. The number of para-hydroxylation sites is 1. The van der Waals surface area contributed by atoms with Crippen molar-refractivity contribution in [3.8, 4) is 5.75 Å². The molecule has 156 valence electrons. The zero-order chi connectivity index (χ0) is 20.3. The van der Waals surface area contributed by atoms with E-state index in [1.54, 1.807) is 7.11 Å². The van der Waals surface area contributed by atoms with Crippen LogP contribution < -0.4 is 15.4 Å². The molecule has 0 bridgehead atoms. The molecule has 0 spiro atoms. The van der Waals surface area contributed by atoms with Crippen molar-refractivity contribution in [2.75, 3.05) is 39.8 Å². The number of methoxy groups -OCH3 is 1. The molecule has 29 heavy (non-hydrogen) atoms. The van der Waals surface area contributed by atoms with Crippen LogP contribution in [0.5, 0.6) is 5.75 Å². The molecule has 1 heterocycles.